The van der Waals surface area contributed by atoms with E-state index in [-0.39, 0.29) is 6.04 Å². The zero-order chi connectivity index (χ0) is 19.4. The predicted octanol–water partition coefficient (Wildman–Crippen LogP) is 3.14. The molecule has 3 rings (SSSR count). The highest BCUT2D eigenvalue weighted by atomic mass is 16.4. The van der Waals surface area contributed by atoms with Crippen molar-refractivity contribution in [1.29, 1.82) is 5.26 Å². The fraction of sp³-hybridized carbons (Fsp3) is 0.364. The molecular weight excluding hydrogens is 338 g/mol. The van der Waals surface area contributed by atoms with E-state index in [1.54, 1.807) is 12.1 Å². The molecule has 2 aromatic rings. The largest absolute Gasteiger partial charge is 0.478 e. The fourth-order valence-electron chi connectivity index (χ4n) is 3.90. The summed E-state index contributed by atoms with van der Waals surface area (Å²) in [6, 6.07) is 13.7. The average molecular weight is 363 g/mol. The Balaban J connectivity index is 1.71. The summed E-state index contributed by atoms with van der Waals surface area (Å²) >= 11 is 0. The third-order valence-corrected chi connectivity index (χ3v) is 5.02. The third kappa shape index (κ3) is 4.29. The summed E-state index contributed by atoms with van der Waals surface area (Å²) in [7, 11) is 0. The van der Waals surface area contributed by atoms with Gasteiger partial charge in [-0.3, -0.25) is 0 Å². The summed E-state index contributed by atoms with van der Waals surface area (Å²) in [5, 5.41) is 18.9. The Morgan fingerprint density at radius 2 is 2.15 bits per heavy atom. The van der Waals surface area contributed by atoms with Crippen molar-refractivity contribution in [3.8, 4) is 6.07 Å². The van der Waals surface area contributed by atoms with E-state index < -0.39 is 5.97 Å². The van der Waals surface area contributed by atoms with Gasteiger partial charge < -0.3 is 15.7 Å². The number of carbonyl (C=O) groups is 1. The van der Waals surface area contributed by atoms with Gasteiger partial charge in [0, 0.05) is 19.1 Å². The maximum atomic E-state index is 11.3. The molecule has 0 aliphatic carbocycles. The SMILES string of the molecule is C[C@@H](N)Cc1cc(C#N)c2c(c1)CCN2CCCc1ccccc1C(=O)O. The second-order valence-corrected chi connectivity index (χ2v) is 7.25. The molecule has 1 heterocycles. The topological polar surface area (TPSA) is 90.4 Å². The van der Waals surface area contributed by atoms with Crippen LogP contribution in [0.3, 0.4) is 0 Å². The summed E-state index contributed by atoms with van der Waals surface area (Å²) in [4.78, 5) is 13.6. The number of rotatable bonds is 7. The van der Waals surface area contributed by atoms with Crippen molar-refractivity contribution in [2.45, 2.75) is 38.6 Å². The van der Waals surface area contributed by atoms with Crippen LogP contribution in [0.4, 0.5) is 5.69 Å². The van der Waals surface area contributed by atoms with Gasteiger partial charge >= 0.3 is 5.97 Å². The Hall–Kier alpha value is -2.84. The minimum atomic E-state index is -0.884. The van der Waals surface area contributed by atoms with E-state index in [0.717, 1.165) is 49.2 Å². The molecule has 3 N–H and O–H groups in total. The zero-order valence-electron chi connectivity index (χ0n) is 15.6. The normalized spacial score (nSPS) is 13.9. The van der Waals surface area contributed by atoms with Crippen molar-refractivity contribution in [1.82, 2.24) is 0 Å². The van der Waals surface area contributed by atoms with Crippen molar-refractivity contribution >= 4 is 11.7 Å². The molecule has 0 amide bonds. The van der Waals surface area contributed by atoms with Crippen LogP contribution in [-0.2, 0) is 19.3 Å². The van der Waals surface area contributed by atoms with Crippen LogP contribution in [0.1, 0.15) is 46.0 Å². The highest BCUT2D eigenvalue weighted by molar-refractivity contribution is 5.89. The standard InChI is InChI=1S/C22H25N3O2/c1-15(24)11-16-12-18-8-10-25(21(18)19(13-16)14-23)9-4-6-17-5-2-3-7-20(17)22(26)27/h2-3,5,7,12-13,15H,4,6,8-11,24H2,1H3,(H,26,27)/t15-/m1/s1. The average Bonchev–Trinajstić information content (AvgIpc) is 3.04. The molecule has 1 aliphatic heterocycles. The van der Waals surface area contributed by atoms with Crippen LogP contribution in [0.25, 0.3) is 0 Å². The first-order valence-corrected chi connectivity index (χ1v) is 9.37. The lowest BCUT2D eigenvalue weighted by Gasteiger charge is -2.21. The molecule has 5 heteroatoms. The second-order valence-electron chi connectivity index (χ2n) is 7.25. The summed E-state index contributed by atoms with van der Waals surface area (Å²) < 4.78 is 0. The van der Waals surface area contributed by atoms with Crippen LogP contribution in [0.2, 0.25) is 0 Å². The van der Waals surface area contributed by atoms with Gasteiger partial charge in [-0.2, -0.15) is 5.26 Å². The van der Waals surface area contributed by atoms with Crippen LogP contribution < -0.4 is 10.6 Å². The Morgan fingerprint density at radius 3 is 2.85 bits per heavy atom. The number of benzene rings is 2. The zero-order valence-corrected chi connectivity index (χ0v) is 15.6. The molecule has 1 aliphatic rings. The third-order valence-electron chi connectivity index (χ3n) is 5.02. The van der Waals surface area contributed by atoms with Gasteiger partial charge in [-0.1, -0.05) is 24.3 Å². The van der Waals surface area contributed by atoms with E-state index >= 15 is 0 Å². The Bertz CT molecular complexity index is 884. The number of hydrogen-bond acceptors (Lipinski definition) is 4. The number of hydrogen-bond donors (Lipinski definition) is 2. The van der Waals surface area contributed by atoms with Crippen molar-refractivity contribution in [3.63, 3.8) is 0 Å². The summed E-state index contributed by atoms with van der Waals surface area (Å²) in [6.45, 7) is 3.68. The highest BCUT2D eigenvalue weighted by Gasteiger charge is 2.23. The number of anilines is 1. The number of nitrogens with zero attached hydrogens (tertiary/aromatic N) is 2. The van der Waals surface area contributed by atoms with Crippen molar-refractivity contribution in [2.75, 3.05) is 18.0 Å². The molecule has 0 fully saturated rings. The molecule has 0 radical (unpaired) electrons. The van der Waals surface area contributed by atoms with E-state index in [0.29, 0.717) is 17.5 Å². The first-order chi connectivity index (χ1) is 13.0. The molecule has 2 aromatic carbocycles. The lowest BCUT2D eigenvalue weighted by Crippen LogP contribution is -2.23. The summed E-state index contributed by atoms with van der Waals surface area (Å²) in [6.07, 6.45) is 3.26. The molecule has 0 spiro atoms. The lowest BCUT2D eigenvalue weighted by molar-refractivity contribution is 0.0695. The van der Waals surface area contributed by atoms with Crippen molar-refractivity contribution in [2.24, 2.45) is 5.73 Å². The van der Waals surface area contributed by atoms with E-state index in [1.807, 2.05) is 25.1 Å². The van der Waals surface area contributed by atoms with Gasteiger partial charge in [0.1, 0.15) is 6.07 Å². The van der Waals surface area contributed by atoms with Gasteiger partial charge in [0.25, 0.3) is 0 Å². The molecular formula is C22H25N3O2. The van der Waals surface area contributed by atoms with E-state index in [9.17, 15) is 15.2 Å². The molecule has 27 heavy (non-hydrogen) atoms. The molecule has 1 atom stereocenters. The summed E-state index contributed by atoms with van der Waals surface area (Å²) in [5.74, 6) is -0.884. The highest BCUT2D eigenvalue weighted by Crippen LogP contribution is 2.33. The number of carboxylic acids is 1. The van der Waals surface area contributed by atoms with Crippen molar-refractivity contribution in [3.05, 3.63) is 64.2 Å². The number of carboxylic acid groups (broad SMARTS) is 1. The number of nitriles is 1. The van der Waals surface area contributed by atoms with Gasteiger partial charge in [0.05, 0.1) is 16.8 Å². The first-order valence-electron chi connectivity index (χ1n) is 9.37. The number of fused-ring (bicyclic) bond motifs is 1. The molecule has 0 saturated heterocycles. The lowest BCUT2D eigenvalue weighted by atomic mass is 9.99. The van der Waals surface area contributed by atoms with E-state index in [4.69, 9.17) is 5.73 Å². The minimum absolute atomic E-state index is 0.0707. The van der Waals surface area contributed by atoms with Gasteiger partial charge in [-0.25, -0.2) is 4.79 Å². The molecule has 5 nitrogen and oxygen atoms in total. The smallest absolute Gasteiger partial charge is 0.335 e. The van der Waals surface area contributed by atoms with Crippen LogP contribution in [0.5, 0.6) is 0 Å². The van der Waals surface area contributed by atoms with Crippen molar-refractivity contribution < 1.29 is 9.90 Å². The monoisotopic (exact) mass is 363 g/mol. The van der Waals surface area contributed by atoms with Crippen LogP contribution in [0, 0.1) is 11.3 Å². The van der Waals surface area contributed by atoms with E-state index in [2.05, 4.69) is 17.0 Å². The first kappa shape index (κ1) is 18.9. The van der Waals surface area contributed by atoms with Gasteiger partial charge in [-0.15, -0.1) is 0 Å². The molecule has 0 saturated carbocycles. The molecule has 0 aromatic heterocycles. The second kappa shape index (κ2) is 8.24. The Morgan fingerprint density at radius 1 is 1.37 bits per heavy atom. The Kier molecular flexibility index (Phi) is 5.78. The van der Waals surface area contributed by atoms with Crippen LogP contribution in [-0.4, -0.2) is 30.2 Å². The van der Waals surface area contributed by atoms with Crippen LogP contribution >= 0.6 is 0 Å². The molecule has 0 bridgehead atoms. The predicted molar refractivity (Wildman–Crippen MR) is 106 cm³/mol. The van der Waals surface area contributed by atoms with Crippen LogP contribution in [0.15, 0.2) is 36.4 Å². The van der Waals surface area contributed by atoms with E-state index in [1.165, 1.54) is 5.56 Å². The van der Waals surface area contributed by atoms with Gasteiger partial charge in [0.2, 0.25) is 0 Å². The van der Waals surface area contributed by atoms with Gasteiger partial charge in [0.15, 0.2) is 0 Å². The van der Waals surface area contributed by atoms with Gasteiger partial charge in [-0.05, 0) is 61.4 Å². The number of nitrogens with two attached hydrogens (primary N) is 1. The fourth-order valence-corrected chi connectivity index (χ4v) is 3.90. The number of aryl methyl sites for hydroxylation is 1. The Labute approximate surface area is 160 Å². The molecule has 0 unspecified atom stereocenters. The maximum Gasteiger partial charge on any atom is 0.335 e. The quantitative estimate of drug-likeness (QED) is 0.789. The minimum Gasteiger partial charge on any atom is -0.478 e. The summed E-state index contributed by atoms with van der Waals surface area (Å²) in [5.41, 5.74) is 11.2. The molecule has 140 valence electrons. The number of aromatic carboxylic acids is 1. The maximum absolute atomic E-state index is 11.3.